The molecule has 0 atom stereocenters. The molecule has 8 rings (SSSR count). The second-order valence-corrected chi connectivity index (χ2v) is 9.46. The van der Waals surface area contributed by atoms with E-state index >= 15 is 0 Å². The van der Waals surface area contributed by atoms with Gasteiger partial charge in [0.05, 0.1) is 11.3 Å². The van der Waals surface area contributed by atoms with Gasteiger partial charge in [0.2, 0.25) is 0 Å². The molecule has 0 saturated heterocycles. The lowest BCUT2D eigenvalue weighted by Gasteiger charge is -2.10. The van der Waals surface area contributed by atoms with Gasteiger partial charge >= 0.3 is 0 Å². The van der Waals surface area contributed by atoms with Gasteiger partial charge in [-0.15, -0.1) is 0 Å². The average molecular weight is 488 g/mol. The Morgan fingerprint density at radius 2 is 1.26 bits per heavy atom. The molecular weight excluding hydrogens is 466 g/mol. The van der Waals surface area contributed by atoms with Gasteiger partial charge in [0.1, 0.15) is 16.7 Å². The van der Waals surface area contributed by atoms with Crippen molar-refractivity contribution in [3.63, 3.8) is 0 Å². The molecule has 0 N–H and O–H groups in total. The third-order valence-electron chi connectivity index (χ3n) is 7.22. The molecule has 5 aromatic carbocycles. The number of para-hydroxylation sites is 2. The van der Waals surface area contributed by atoms with Crippen molar-refractivity contribution in [2.45, 2.75) is 0 Å². The molecule has 0 spiro atoms. The van der Waals surface area contributed by atoms with Crippen molar-refractivity contribution < 1.29 is 4.42 Å². The number of benzene rings is 5. The fourth-order valence-electron chi connectivity index (χ4n) is 5.43. The minimum atomic E-state index is 0.804. The number of hydrogen-bond acceptors (Lipinski definition) is 3. The van der Waals surface area contributed by atoms with Crippen LogP contribution in [0.1, 0.15) is 0 Å². The Labute approximate surface area is 218 Å². The second-order valence-electron chi connectivity index (χ2n) is 9.46. The molecule has 8 aromatic rings. The van der Waals surface area contributed by atoms with E-state index in [1.165, 1.54) is 0 Å². The molecular formula is C34H21N3O. The van der Waals surface area contributed by atoms with E-state index in [4.69, 9.17) is 14.4 Å². The first-order valence-corrected chi connectivity index (χ1v) is 12.7. The lowest BCUT2D eigenvalue weighted by Crippen LogP contribution is -1.99. The van der Waals surface area contributed by atoms with Gasteiger partial charge in [0, 0.05) is 27.4 Å². The Morgan fingerprint density at radius 1 is 0.526 bits per heavy atom. The highest BCUT2D eigenvalue weighted by atomic mass is 16.3. The van der Waals surface area contributed by atoms with Crippen LogP contribution in [-0.4, -0.2) is 14.5 Å². The zero-order valence-electron chi connectivity index (χ0n) is 20.4. The molecule has 0 aliphatic carbocycles. The summed E-state index contributed by atoms with van der Waals surface area (Å²) >= 11 is 0. The Hall–Kier alpha value is -5.22. The van der Waals surface area contributed by atoms with E-state index in [9.17, 15) is 0 Å². The highest BCUT2D eigenvalue weighted by Gasteiger charge is 2.21. The lowest BCUT2D eigenvalue weighted by molar-refractivity contribution is 0.673. The van der Waals surface area contributed by atoms with E-state index in [2.05, 4.69) is 89.5 Å². The maximum atomic E-state index is 6.66. The van der Waals surface area contributed by atoms with E-state index in [0.29, 0.717) is 0 Å². The first kappa shape index (κ1) is 20.9. The summed E-state index contributed by atoms with van der Waals surface area (Å²) in [7, 11) is 0. The fourth-order valence-corrected chi connectivity index (χ4v) is 5.43. The van der Waals surface area contributed by atoms with Crippen LogP contribution in [-0.2, 0) is 0 Å². The van der Waals surface area contributed by atoms with E-state index in [-0.39, 0.29) is 0 Å². The number of pyridine rings is 1. The zero-order chi connectivity index (χ0) is 25.1. The van der Waals surface area contributed by atoms with Crippen LogP contribution in [0.4, 0.5) is 0 Å². The van der Waals surface area contributed by atoms with Gasteiger partial charge in [-0.05, 0) is 41.8 Å². The molecule has 0 aliphatic heterocycles. The Balaban J connectivity index is 1.45. The van der Waals surface area contributed by atoms with Gasteiger partial charge in [-0.2, -0.15) is 0 Å². The molecule has 0 fully saturated rings. The molecule has 0 radical (unpaired) electrons. The normalized spacial score (nSPS) is 11.7. The second kappa shape index (κ2) is 8.15. The summed E-state index contributed by atoms with van der Waals surface area (Å²) in [5.41, 5.74) is 7.30. The van der Waals surface area contributed by atoms with Crippen molar-refractivity contribution in [2.24, 2.45) is 0 Å². The number of nitrogens with zero attached hydrogens (tertiary/aromatic N) is 3. The topological polar surface area (TPSA) is 43.9 Å². The third-order valence-corrected chi connectivity index (χ3v) is 7.22. The van der Waals surface area contributed by atoms with Gasteiger partial charge < -0.3 is 4.42 Å². The minimum Gasteiger partial charge on any atom is -0.455 e. The highest BCUT2D eigenvalue weighted by Crippen LogP contribution is 2.40. The van der Waals surface area contributed by atoms with Crippen molar-refractivity contribution in [1.82, 2.24) is 14.5 Å². The summed E-state index contributed by atoms with van der Waals surface area (Å²) in [6.07, 6.45) is 0. The molecule has 0 amide bonds. The number of aromatic nitrogens is 3. The monoisotopic (exact) mass is 487 g/mol. The fraction of sp³-hybridized carbons (Fsp3) is 0. The van der Waals surface area contributed by atoms with Crippen LogP contribution in [0.5, 0.6) is 0 Å². The summed E-state index contributed by atoms with van der Waals surface area (Å²) < 4.78 is 8.80. The standard InChI is InChI=1S/C34H21N3O/c1-3-11-23(12-4-1)29-20-21-30-34(35-29)37(24-13-5-2-6-14-24)33(36-30)28-17-9-16-26-27-19-18-22-10-7-8-15-25(22)31(27)38-32(26)28/h1-21H. The summed E-state index contributed by atoms with van der Waals surface area (Å²) in [5, 5.41) is 4.45. The van der Waals surface area contributed by atoms with E-state index in [0.717, 1.165) is 72.2 Å². The predicted octanol–water partition coefficient (Wildman–Crippen LogP) is 8.81. The highest BCUT2D eigenvalue weighted by molar-refractivity contribution is 6.17. The maximum Gasteiger partial charge on any atom is 0.165 e. The Kier molecular flexibility index (Phi) is 4.49. The van der Waals surface area contributed by atoms with Crippen molar-refractivity contribution in [3.05, 3.63) is 127 Å². The smallest absolute Gasteiger partial charge is 0.165 e. The SMILES string of the molecule is c1ccc(-c2ccc3nc(-c4cccc5c4oc4c6ccccc6ccc54)n(-c4ccccc4)c3n2)cc1. The number of imidazole rings is 1. The van der Waals surface area contributed by atoms with Gasteiger partial charge in [-0.25, -0.2) is 9.97 Å². The summed E-state index contributed by atoms with van der Waals surface area (Å²) in [5.74, 6) is 0.804. The van der Waals surface area contributed by atoms with E-state index < -0.39 is 0 Å². The maximum absolute atomic E-state index is 6.66. The average Bonchev–Trinajstić information content (AvgIpc) is 3.56. The van der Waals surface area contributed by atoms with Crippen molar-refractivity contribution >= 4 is 43.9 Å². The number of fused-ring (bicyclic) bond motifs is 6. The van der Waals surface area contributed by atoms with Gasteiger partial charge in [-0.1, -0.05) is 91.0 Å². The molecule has 38 heavy (non-hydrogen) atoms. The largest absolute Gasteiger partial charge is 0.455 e. The lowest BCUT2D eigenvalue weighted by atomic mass is 10.0. The Bertz CT molecular complexity index is 2120. The minimum absolute atomic E-state index is 0.804. The van der Waals surface area contributed by atoms with Crippen LogP contribution < -0.4 is 0 Å². The van der Waals surface area contributed by atoms with Crippen LogP contribution in [0.25, 0.3) is 72.2 Å². The van der Waals surface area contributed by atoms with Gasteiger partial charge in [-0.3, -0.25) is 4.57 Å². The van der Waals surface area contributed by atoms with Gasteiger partial charge in [0.25, 0.3) is 0 Å². The van der Waals surface area contributed by atoms with Crippen molar-refractivity contribution in [2.75, 3.05) is 0 Å². The van der Waals surface area contributed by atoms with Crippen molar-refractivity contribution in [3.8, 4) is 28.3 Å². The van der Waals surface area contributed by atoms with E-state index in [1.54, 1.807) is 0 Å². The first-order chi connectivity index (χ1) is 18.8. The summed E-state index contributed by atoms with van der Waals surface area (Å²) in [4.78, 5) is 10.2. The van der Waals surface area contributed by atoms with Crippen LogP contribution >= 0.6 is 0 Å². The first-order valence-electron chi connectivity index (χ1n) is 12.7. The molecule has 4 nitrogen and oxygen atoms in total. The van der Waals surface area contributed by atoms with Crippen LogP contribution in [0.15, 0.2) is 132 Å². The molecule has 3 heterocycles. The molecule has 3 aromatic heterocycles. The number of rotatable bonds is 3. The molecule has 4 heteroatoms. The van der Waals surface area contributed by atoms with Crippen LogP contribution in [0.2, 0.25) is 0 Å². The number of hydrogen-bond donors (Lipinski definition) is 0. The molecule has 0 aliphatic rings. The zero-order valence-corrected chi connectivity index (χ0v) is 20.4. The quantitative estimate of drug-likeness (QED) is 0.250. The third kappa shape index (κ3) is 3.10. The van der Waals surface area contributed by atoms with Crippen LogP contribution in [0, 0.1) is 0 Å². The summed E-state index contributed by atoms with van der Waals surface area (Å²) in [6.45, 7) is 0. The van der Waals surface area contributed by atoms with Crippen LogP contribution in [0.3, 0.4) is 0 Å². The Morgan fingerprint density at radius 3 is 2.13 bits per heavy atom. The molecule has 0 bridgehead atoms. The summed E-state index contributed by atoms with van der Waals surface area (Å²) in [6, 6.07) is 43.6. The molecule has 0 unspecified atom stereocenters. The van der Waals surface area contributed by atoms with Gasteiger partial charge in [0.15, 0.2) is 11.5 Å². The molecule has 178 valence electrons. The van der Waals surface area contributed by atoms with E-state index in [1.807, 2.05) is 42.5 Å². The predicted molar refractivity (Wildman–Crippen MR) is 155 cm³/mol. The van der Waals surface area contributed by atoms with Crippen molar-refractivity contribution in [1.29, 1.82) is 0 Å². The number of furan rings is 1. The molecule has 0 saturated carbocycles.